The van der Waals surface area contributed by atoms with E-state index in [4.69, 9.17) is 39.5 Å². The molecular weight excluding hydrogens is 445 g/mol. The minimum atomic E-state index is -1.02. The van der Waals surface area contributed by atoms with Crippen LogP contribution < -0.4 is 10.1 Å². The lowest BCUT2D eigenvalue weighted by Crippen LogP contribution is -2.17. The van der Waals surface area contributed by atoms with Crippen LogP contribution in [0.1, 0.15) is 22.3 Å². The number of hydrogen-bond acceptors (Lipinski definition) is 3. The van der Waals surface area contributed by atoms with Gasteiger partial charge in [-0.2, -0.15) is 0 Å². The van der Waals surface area contributed by atoms with Crippen molar-refractivity contribution in [3.63, 3.8) is 0 Å². The standard InChI is InChI=1S/C23H16Cl3NO3/c24-16-8-11-20(19(12-16)27-22(29)18-13-23(18,25)26)30-17-9-6-15(7-10-17)21(28)14-4-2-1-3-5-14/h1-12,18H,13H2,(H,27,29)/t18-/m1/s1. The third-order valence-electron chi connectivity index (χ3n) is 4.72. The molecule has 0 heterocycles. The van der Waals surface area contributed by atoms with E-state index in [2.05, 4.69) is 5.32 Å². The number of carbonyl (C=O) groups excluding carboxylic acids is 2. The lowest BCUT2D eigenvalue weighted by molar-refractivity contribution is -0.117. The van der Waals surface area contributed by atoms with Gasteiger partial charge in [-0.15, -0.1) is 23.2 Å². The number of nitrogens with one attached hydrogen (secondary N) is 1. The highest BCUT2D eigenvalue weighted by atomic mass is 35.5. The van der Waals surface area contributed by atoms with Crippen LogP contribution in [0.4, 0.5) is 5.69 Å². The van der Waals surface area contributed by atoms with Crippen LogP contribution in [0, 0.1) is 5.92 Å². The molecule has 0 saturated heterocycles. The molecule has 1 atom stereocenters. The van der Waals surface area contributed by atoms with Gasteiger partial charge in [0.15, 0.2) is 11.5 Å². The Morgan fingerprint density at radius 2 is 1.57 bits per heavy atom. The second kappa shape index (κ2) is 8.31. The Kier molecular flexibility index (Phi) is 5.74. The maximum absolute atomic E-state index is 12.5. The summed E-state index contributed by atoms with van der Waals surface area (Å²) in [7, 11) is 0. The Hall–Kier alpha value is -2.53. The average Bonchev–Trinajstić information content (AvgIpc) is 3.39. The smallest absolute Gasteiger partial charge is 0.230 e. The molecule has 0 aromatic heterocycles. The topological polar surface area (TPSA) is 55.4 Å². The van der Waals surface area contributed by atoms with Gasteiger partial charge in [-0.25, -0.2) is 0 Å². The largest absolute Gasteiger partial charge is 0.455 e. The molecule has 0 bridgehead atoms. The first-order chi connectivity index (χ1) is 14.3. The van der Waals surface area contributed by atoms with Crippen LogP contribution in [-0.4, -0.2) is 16.0 Å². The molecule has 152 valence electrons. The van der Waals surface area contributed by atoms with Crippen molar-refractivity contribution in [1.29, 1.82) is 0 Å². The van der Waals surface area contributed by atoms with Crippen molar-refractivity contribution in [2.24, 2.45) is 5.92 Å². The number of ether oxygens (including phenoxy) is 1. The van der Waals surface area contributed by atoms with Crippen LogP contribution in [-0.2, 0) is 4.79 Å². The van der Waals surface area contributed by atoms with Crippen LogP contribution in [0.15, 0.2) is 72.8 Å². The summed E-state index contributed by atoms with van der Waals surface area (Å²) in [4.78, 5) is 24.9. The highest BCUT2D eigenvalue weighted by Gasteiger charge is 2.56. The van der Waals surface area contributed by atoms with Crippen molar-refractivity contribution >= 4 is 52.2 Å². The maximum Gasteiger partial charge on any atom is 0.230 e. The Balaban J connectivity index is 1.50. The van der Waals surface area contributed by atoms with E-state index in [1.165, 1.54) is 0 Å². The molecule has 0 unspecified atom stereocenters. The summed E-state index contributed by atoms with van der Waals surface area (Å²) in [6, 6.07) is 20.7. The molecule has 0 aliphatic heterocycles. The zero-order chi connectivity index (χ0) is 21.3. The van der Waals surface area contributed by atoms with Crippen molar-refractivity contribution in [1.82, 2.24) is 0 Å². The molecule has 0 radical (unpaired) electrons. The van der Waals surface area contributed by atoms with Crippen LogP contribution in [0.3, 0.4) is 0 Å². The van der Waals surface area contributed by atoms with Gasteiger partial charge in [0.05, 0.1) is 11.6 Å². The van der Waals surface area contributed by atoms with Crippen LogP contribution >= 0.6 is 34.8 Å². The van der Waals surface area contributed by atoms with Crippen LogP contribution in [0.5, 0.6) is 11.5 Å². The summed E-state index contributed by atoms with van der Waals surface area (Å²) in [6.45, 7) is 0. The van der Waals surface area contributed by atoms with Gasteiger partial charge in [0.1, 0.15) is 10.1 Å². The number of benzene rings is 3. The van der Waals surface area contributed by atoms with Crippen LogP contribution in [0.2, 0.25) is 5.02 Å². The third-order valence-corrected chi connectivity index (χ3v) is 5.79. The summed E-state index contributed by atoms with van der Waals surface area (Å²) >= 11 is 18.0. The second-order valence-corrected chi connectivity index (χ2v) is 8.95. The molecule has 4 nitrogen and oxygen atoms in total. The molecule has 1 aliphatic carbocycles. The van der Waals surface area contributed by atoms with Gasteiger partial charge in [-0.05, 0) is 48.9 Å². The molecule has 3 aromatic rings. The fraction of sp³-hybridized carbons (Fsp3) is 0.130. The highest BCUT2D eigenvalue weighted by Crippen LogP contribution is 2.53. The maximum atomic E-state index is 12.5. The minimum absolute atomic E-state index is 0.0725. The van der Waals surface area contributed by atoms with Crippen molar-refractivity contribution < 1.29 is 14.3 Å². The number of ketones is 1. The van der Waals surface area contributed by atoms with Gasteiger partial charge in [-0.1, -0.05) is 41.9 Å². The minimum Gasteiger partial charge on any atom is -0.455 e. The van der Waals surface area contributed by atoms with Gasteiger partial charge in [-0.3, -0.25) is 9.59 Å². The van der Waals surface area contributed by atoms with E-state index in [0.29, 0.717) is 39.8 Å². The molecule has 1 saturated carbocycles. The third kappa shape index (κ3) is 4.62. The average molecular weight is 461 g/mol. The monoisotopic (exact) mass is 459 g/mol. The molecule has 0 spiro atoms. The first-order valence-corrected chi connectivity index (χ1v) is 10.3. The van der Waals surface area contributed by atoms with E-state index in [9.17, 15) is 9.59 Å². The zero-order valence-corrected chi connectivity index (χ0v) is 17.8. The summed E-state index contributed by atoms with van der Waals surface area (Å²) in [5, 5.41) is 3.21. The fourth-order valence-corrected chi connectivity index (χ4v) is 3.64. The van der Waals surface area contributed by atoms with Crippen molar-refractivity contribution in [3.8, 4) is 11.5 Å². The Labute approximate surface area is 188 Å². The summed E-state index contributed by atoms with van der Waals surface area (Å²) in [6.07, 6.45) is 0.398. The quantitative estimate of drug-likeness (QED) is 0.337. The highest BCUT2D eigenvalue weighted by molar-refractivity contribution is 6.52. The van der Waals surface area contributed by atoms with Gasteiger partial charge < -0.3 is 10.1 Å². The lowest BCUT2D eigenvalue weighted by Gasteiger charge is -2.13. The Bertz CT molecular complexity index is 1100. The van der Waals surface area contributed by atoms with E-state index in [1.54, 1.807) is 54.6 Å². The first-order valence-electron chi connectivity index (χ1n) is 9.19. The molecule has 30 heavy (non-hydrogen) atoms. The zero-order valence-electron chi connectivity index (χ0n) is 15.6. The van der Waals surface area contributed by atoms with Crippen molar-refractivity contribution in [2.45, 2.75) is 10.8 Å². The number of amides is 1. The summed E-state index contributed by atoms with van der Waals surface area (Å²) in [5.74, 6) is 0.0710. The number of carbonyl (C=O) groups is 2. The number of alkyl halides is 2. The van der Waals surface area contributed by atoms with Crippen molar-refractivity contribution in [3.05, 3.63) is 88.9 Å². The van der Waals surface area contributed by atoms with E-state index in [0.717, 1.165) is 0 Å². The van der Waals surface area contributed by atoms with E-state index < -0.39 is 10.3 Å². The molecular formula is C23H16Cl3NO3. The SMILES string of the molecule is O=C(c1ccccc1)c1ccc(Oc2ccc(Cl)cc2NC(=O)[C@H]2CC2(Cl)Cl)cc1. The predicted molar refractivity (Wildman–Crippen MR) is 119 cm³/mol. The number of anilines is 1. The van der Waals surface area contributed by atoms with E-state index in [-0.39, 0.29) is 11.7 Å². The number of halogens is 3. The molecule has 7 heteroatoms. The molecule has 3 aromatic carbocycles. The summed E-state index contributed by atoms with van der Waals surface area (Å²) < 4.78 is 4.88. The molecule has 1 amide bonds. The molecule has 1 aliphatic rings. The molecule has 1 N–H and O–H groups in total. The first kappa shape index (κ1) is 20.7. The Morgan fingerprint density at radius 1 is 0.933 bits per heavy atom. The van der Waals surface area contributed by atoms with Crippen LogP contribution in [0.25, 0.3) is 0 Å². The molecule has 1 fully saturated rings. The van der Waals surface area contributed by atoms with Gasteiger partial charge in [0, 0.05) is 16.1 Å². The Morgan fingerprint density at radius 3 is 2.20 bits per heavy atom. The van der Waals surface area contributed by atoms with E-state index >= 15 is 0 Å². The van der Waals surface area contributed by atoms with Gasteiger partial charge in [0.25, 0.3) is 0 Å². The van der Waals surface area contributed by atoms with Gasteiger partial charge in [0.2, 0.25) is 5.91 Å². The van der Waals surface area contributed by atoms with Crippen molar-refractivity contribution in [2.75, 3.05) is 5.32 Å². The predicted octanol–water partition coefficient (Wildman–Crippen LogP) is 6.50. The lowest BCUT2D eigenvalue weighted by atomic mass is 10.0. The molecule has 4 rings (SSSR count). The normalized spacial score (nSPS) is 16.6. The second-order valence-electron chi connectivity index (χ2n) is 6.97. The summed E-state index contributed by atoms with van der Waals surface area (Å²) in [5.41, 5.74) is 1.57. The fourth-order valence-electron chi connectivity index (χ4n) is 2.96. The number of hydrogen-bond donors (Lipinski definition) is 1. The number of rotatable bonds is 6. The van der Waals surface area contributed by atoms with E-state index in [1.807, 2.05) is 18.2 Å². The van der Waals surface area contributed by atoms with Gasteiger partial charge >= 0.3 is 0 Å².